The van der Waals surface area contributed by atoms with Crippen LogP contribution < -0.4 is 4.74 Å². The lowest BCUT2D eigenvalue weighted by Crippen LogP contribution is -2.36. The maximum atomic E-state index is 11.0. The minimum atomic E-state index is -0.832. The van der Waals surface area contributed by atoms with Crippen molar-refractivity contribution in [3.8, 4) is 11.5 Å². The number of aromatic nitrogens is 1. The summed E-state index contributed by atoms with van der Waals surface area (Å²) in [6.07, 6.45) is 0.554. The van der Waals surface area contributed by atoms with Crippen LogP contribution in [0, 0.1) is 5.92 Å². The third-order valence-corrected chi connectivity index (χ3v) is 5.81. The van der Waals surface area contributed by atoms with Crippen molar-refractivity contribution < 1.29 is 20.1 Å². The number of ether oxygens (including phenoxy) is 1. The molecule has 7 heteroatoms. The van der Waals surface area contributed by atoms with Crippen LogP contribution in [0.25, 0.3) is 0 Å². The van der Waals surface area contributed by atoms with Crippen LogP contribution in [-0.4, -0.2) is 56.5 Å². The van der Waals surface area contributed by atoms with Gasteiger partial charge in [0.1, 0.15) is 18.0 Å². The van der Waals surface area contributed by atoms with Crippen molar-refractivity contribution in [2.45, 2.75) is 30.7 Å². The Morgan fingerprint density at radius 3 is 2.74 bits per heavy atom. The maximum Gasteiger partial charge on any atom is 0.171 e. The Morgan fingerprint density at radius 1 is 1.26 bits per heavy atom. The second-order valence-electron chi connectivity index (χ2n) is 7.55. The van der Waals surface area contributed by atoms with Gasteiger partial charge in [-0.25, -0.2) is 4.98 Å². The largest absolute Gasteiger partial charge is 0.505 e. The second kappa shape index (κ2) is 7.28. The Hall–Kier alpha value is -1.86. The number of halogens is 1. The van der Waals surface area contributed by atoms with E-state index in [-0.39, 0.29) is 22.9 Å². The molecule has 2 aliphatic rings. The number of aromatic hydroxyl groups is 1. The van der Waals surface area contributed by atoms with E-state index in [9.17, 15) is 15.3 Å². The van der Waals surface area contributed by atoms with Crippen molar-refractivity contribution in [2.75, 3.05) is 19.6 Å². The van der Waals surface area contributed by atoms with Crippen LogP contribution >= 0.6 is 11.6 Å². The van der Waals surface area contributed by atoms with E-state index in [2.05, 4.69) is 9.88 Å². The number of benzene rings is 1. The van der Waals surface area contributed by atoms with E-state index >= 15 is 0 Å². The molecular formula is C20H23ClN2O4. The Labute approximate surface area is 163 Å². The average molecular weight is 391 g/mol. The van der Waals surface area contributed by atoms with Gasteiger partial charge in [0, 0.05) is 32.0 Å². The first-order chi connectivity index (χ1) is 12.9. The smallest absolute Gasteiger partial charge is 0.171 e. The zero-order valence-corrected chi connectivity index (χ0v) is 15.6. The molecule has 0 radical (unpaired) electrons. The third-order valence-electron chi connectivity index (χ3n) is 5.53. The number of para-hydroxylation sites is 1. The Balaban J connectivity index is 1.35. The van der Waals surface area contributed by atoms with Gasteiger partial charge in [-0.15, -0.1) is 0 Å². The minimum Gasteiger partial charge on any atom is -0.505 e. The number of hydrogen-bond acceptors (Lipinski definition) is 6. The summed E-state index contributed by atoms with van der Waals surface area (Å²) in [7, 11) is 0. The van der Waals surface area contributed by atoms with E-state index in [1.165, 1.54) is 6.07 Å². The first-order valence-corrected chi connectivity index (χ1v) is 9.51. The molecule has 3 N–H and O–H groups in total. The van der Waals surface area contributed by atoms with Crippen molar-refractivity contribution >= 4 is 11.6 Å². The second-order valence-corrected chi connectivity index (χ2v) is 7.91. The highest BCUT2D eigenvalue weighted by molar-refractivity contribution is 6.30. The summed E-state index contributed by atoms with van der Waals surface area (Å²) < 4.78 is 6.01. The molecule has 4 rings (SSSR count). The lowest BCUT2D eigenvalue weighted by molar-refractivity contribution is 0.0177. The van der Waals surface area contributed by atoms with Gasteiger partial charge in [-0.05, 0) is 30.7 Å². The van der Waals surface area contributed by atoms with E-state index in [0.717, 1.165) is 12.2 Å². The van der Waals surface area contributed by atoms with Crippen molar-refractivity contribution in [3.05, 3.63) is 53.3 Å². The number of nitrogens with zero attached hydrogens (tertiary/aromatic N) is 2. The predicted octanol–water partition coefficient (Wildman–Crippen LogP) is 2.38. The van der Waals surface area contributed by atoms with Gasteiger partial charge in [-0.3, -0.25) is 4.90 Å². The van der Waals surface area contributed by atoms with Crippen LogP contribution in [0.4, 0.5) is 0 Å². The van der Waals surface area contributed by atoms with Crippen LogP contribution in [0.5, 0.6) is 11.5 Å². The van der Waals surface area contributed by atoms with Crippen LogP contribution in [-0.2, 0) is 0 Å². The van der Waals surface area contributed by atoms with Crippen molar-refractivity contribution in [1.82, 2.24) is 9.88 Å². The summed E-state index contributed by atoms with van der Waals surface area (Å²) in [6, 6.07) is 12.7. The van der Waals surface area contributed by atoms with E-state index < -0.39 is 11.7 Å². The highest BCUT2D eigenvalue weighted by Gasteiger charge is 2.52. The number of aliphatic hydroxyl groups is 2. The molecule has 2 heterocycles. The van der Waals surface area contributed by atoms with Gasteiger partial charge < -0.3 is 20.1 Å². The van der Waals surface area contributed by atoms with Gasteiger partial charge in [-0.1, -0.05) is 29.8 Å². The topological polar surface area (TPSA) is 86.1 Å². The fourth-order valence-corrected chi connectivity index (χ4v) is 4.43. The molecule has 4 atom stereocenters. The standard InChI is InChI=1S/C20H23ClN2O4/c21-19-17(24)7-6-16(22-19)18(25)11-23-10-13-8-15(9-20(13,26)12-23)27-14-4-2-1-3-5-14/h1-7,13,15,18,24-26H,8-12H2/t13-,15+,18+,20-/m1/s1. The molecule has 0 spiro atoms. The maximum absolute atomic E-state index is 11.0. The SMILES string of the molecule is Oc1ccc([C@@H](O)CN2C[C@H]3C[C@H](Oc4ccccc4)C[C@@]3(O)C2)nc1Cl. The number of likely N-dealkylation sites (tertiary alicyclic amines) is 1. The molecule has 1 aromatic heterocycles. The first kappa shape index (κ1) is 18.5. The van der Waals surface area contributed by atoms with Gasteiger partial charge in [0.05, 0.1) is 11.3 Å². The summed E-state index contributed by atoms with van der Waals surface area (Å²) in [5.41, 5.74) is -0.383. The molecule has 6 nitrogen and oxygen atoms in total. The average Bonchev–Trinajstić information content (AvgIpc) is 3.08. The molecule has 2 fully saturated rings. The summed E-state index contributed by atoms with van der Waals surface area (Å²) in [4.78, 5) is 6.07. The minimum absolute atomic E-state index is 0.00652. The molecule has 0 unspecified atom stereocenters. The Bertz CT molecular complexity index is 806. The number of β-amino-alcohol motifs (C(OH)–C–C–N with tert-alkyl or cyclic N) is 2. The van der Waals surface area contributed by atoms with Crippen LogP contribution in [0.1, 0.15) is 24.6 Å². The number of aliphatic hydroxyl groups excluding tert-OH is 1. The number of hydrogen-bond donors (Lipinski definition) is 3. The molecular weight excluding hydrogens is 368 g/mol. The summed E-state index contributed by atoms with van der Waals surface area (Å²) in [5, 5.41) is 30.9. The number of fused-ring (bicyclic) bond motifs is 1. The molecule has 0 bridgehead atoms. The fraction of sp³-hybridized carbons (Fsp3) is 0.450. The molecule has 144 valence electrons. The third kappa shape index (κ3) is 3.89. The van der Waals surface area contributed by atoms with E-state index in [0.29, 0.717) is 31.7 Å². The fourth-order valence-electron chi connectivity index (χ4n) is 4.27. The van der Waals surface area contributed by atoms with Crippen LogP contribution in [0.15, 0.2) is 42.5 Å². The van der Waals surface area contributed by atoms with Gasteiger partial charge in [0.15, 0.2) is 10.9 Å². The lowest BCUT2D eigenvalue weighted by atomic mass is 9.95. The van der Waals surface area contributed by atoms with Crippen LogP contribution in [0.3, 0.4) is 0 Å². The van der Waals surface area contributed by atoms with Crippen molar-refractivity contribution in [1.29, 1.82) is 0 Å². The van der Waals surface area contributed by atoms with Crippen LogP contribution in [0.2, 0.25) is 5.15 Å². The van der Waals surface area contributed by atoms with Gasteiger partial charge in [-0.2, -0.15) is 0 Å². The van der Waals surface area contributed by atoms with Gasteiger partial charge in [0.25, 0.3) is 0 Å². The summed E-state index contributed by atoms with van der Waals surface area (Å²) in [5.74, 6) is 0.838. The molecule has 1 aromatic carbocycles. The van der Waals surface area contributed by atoms with E-state index in [4.69, 9.17) is 16.3 Å². The predicted molar refractivity (Wildman–Crippen MR) is 101 cm³/mol. The zero-order valence-electron chi connectivity index (χ0n) is 14.8. The molecule has 1 saturated carbocycles. The van der Waals surface area contributed by atoms with Gasteiger partial charge >= 0.3 is 0 Å². The summed E-state index contributed by atoms with van der Waals surface area (Å²) in [6.45, 7) is 1.56. The quantitative estimate of drug-likeness (QED) is 0.679. The lowest BCUT2D eigenvalue weighted by Gasteiger charge is -2.24. The number of pyridine rings is 1. The zero-order chi connectivity index (χ0) is 19.0. The Morgan fingerprint density at radius 2 is 2.04 bits per heavy atom. The van der Waals surface area contributed by atoms with E-state index in [1.54, 1.807) is 6.07 Å². The summed E-state index contributed by atoms with van der Waals surface area (Å²) >= 11 is 5.82. The van der Waals surface area contributed by atoms with Gasteiger partial charge in [0.2, 0.25) is 0 Å². The van der Waals surface area contributed by atoms with Crippen molar-refractivity contribution in [3.63, 3.8) is 0 Å². The highest BCUT2D eigenvalue weighted by Crippen LogP contribution is 2.43. The molecule has 27 heavy (non-hydrogen) atoms. The highest BCUT2D eigenvalue weighted by atomic mass is 35.5. The molecule has 0 amide bonds. The first-order valence-electron chi connectivity index (χ1n) is 9.13. The molecule has 1 aliphatic carbocycles. The number of rotatable bonds is 5. The Kier molecular flexibility index (Phi) is 4.99. The molecule has 1 aliphatic heterocycles. The normalized spacial score (nSPS) is 28.9. The monoisotopic (exact) mass is 390 g/mol. The van der Waals surface area contributed by atoms with Crippen molar-refractivity contribution in [2.24, 2.45) is 5.92 Å². The van der Waals surface area contributed by atoms with E-state index in [1.807, 2.05) is 30.3 Å². The molecule has 1 saturated heterocycles. The molecule has 2 aromatic rings.